The number of unbranched alkanes of at least 4 members (excludes halogenated alkanes) is 1. The Morgan fingerprint density at radius 2 is 0.929 bits per heavy atom. The summed E-state index contributed by atoms with van der Waals surface area (Å²) in [4.78, 5) is 0. The number of fused-ring (bicyclic) bond motifs is 3. The van der Waals surface area contributed by atoms with E-state index in [4.69, 9.17) is 0 Å². The van der Waals surface area contributed by atoms with E-state index in [2.05, 4.69) is 91.3 Å². The van der Waals surface area contributed by atoms with E-state index in [0.717, 1.165) is 25.6 Å². The number of rotatable bonds is 11. The molecule has 3 heteroatoms. The average molecular weight is 564 g/mol. The normalized spacial score (nSPS) is 22.2. The molecule has 3 atom stereocenters. The van der Waals surface area contributed by atoms with Crippen molar-refractivity contribution in [2.24, 2.45) is 5.92 Å². The van der Waals surface area contributed by atoms with Crippen LogP contribution in [0.3, 0.4) is 0 Å². The smallest absolute Gasteiger partial charge is 0.0323 e. The van der Waals surface area contributed by atoms with Crippen LogP contribution in [0.5, 0.6) is 0 Å². The molecule has 3 heterocycles. The fourth-order valence-electron chi connectivity index (χ4n) is 8.14. The van der Waals surface area contributed by atoms with Crippen molar-refractivity contribution in [2.75, 3.05) is 19.6 Å². The Morgan fingerprint density at radius 1 is 0.524 bits per heavy atom. The molecule has 3 aliphatic rings. The third-order valence-electron chi connectivity index (χ3n) is 10.5. The Balaban J connectivity index is 1.08. The van der Waals surface area contributed by atoms with E-state index in [9.17, 15) is 0 Å². The maximum Gasteiger partial charge on any atom is 0.0323 e. The van der Waals surface area contributed by atoms with Crippen LogP contribution in [0.4, 0.5) is 0 Å². The molecule has 0 saturated carbocycles. The third-order valence-corrected chi connectivity index (χ3v) is 10.5. The molecule has 3 nitrogen and oxygen atoms in total. The fraction of sp³-hybridized carbons (Fsp3) is 0.538. The van der Waals surface area contributed by atoms with E-state index >= 15 is 0 Å². The molecule has 3 N–H and O–H groups in total. The molecule has 0 fully saturated rings. The van der Waals surface area contributed by atoms with Gasteiger partial charge in [-0.25, -0.2) is 0 Å². The summed E-state index contributed by atoms with van der Waals surface area (Å²) in [6.07, 6.45) is 13.9. The summed E-state index contributed by atoms with van der Waals surface area (Å²) in [6.45, 7) is 10.0. The minimum absolute atomic E-state index is 0.514. The molecule has 6 rings (SSSR count). The zero-order valence-corrected chi connectivity index (χ0v) is 26.4. The Bertz CT molecular complexity index is 1280. The first-order valence-electron chi connectivity index (χ1n) is 17.0. The van der Waals surface area contributed by atoms with Crippen LogP contribution in [0.25, 0.3) is 0 Å². The molecule has 3 aliphatic heterocycles. The van der Waals surface area contributed by atoms with Gasteiger partial charge in [-0.15, -0.1) is 0 Å². The fourth-order valence-corrected chi connectivity index (χ4v) is 8.14. The highest BCUT2D eigenvalue weighted by Gasteiger charge is 2.24. The number of nitrogens with one attached hydrogen (secondary N) is 3. The zero-order chi connectivity index (χ0) is 28.9. The summed E-state index contributed by atoms with van der Waals surface area (Å²) >= 11 is 0. The summed E-state index contributed by atoms with van der Waals surface area (Å²) in [7, 11) is 0. The van der Waals surface area contributed by atoms with Crippen molar-refractivity contribution < 1.29 is 0 Å². The standard InChI is InChI=1S/C39H53N3/c1-27-8-13-34-31(24-27)18-21-40-37(34)7-5-4-6-30(11-16-38-35-14-9-28(2)25-32(35)19-22-41-38)12-17-39-36-15-10-29(3)26-33(36)20-23-42-39/h8-10,13-15,24-26,30,37-42H,4-7,11-12,16-23H2,1-3H3. The van der Waals surface area contributed by atoms with Gasteiger partial charge in [-0.1, -0.05) is 90.6 Å². The monoisotopic (exact) mass is 563 g/mol. The van der Waals surface area contributed by atoms with Crippen molar-refractivity contribution >= 4 is 0 Å². The van der Waals surface area contributed by atoms with E-state index < -0.39 is 0 Å². The van der Waals surface area contributed by atoms with Gasteiger partial charge in [-0.3, -0.25) is 0 Å². The van der Waals surface area contributed by atoms with Crippen molar-refractivity contribution in [1.29, 1.82) is 0 Å². The molecule has 224 valence electrons. The predicted molar refractivity (Wildman–Crippen MR) is 177 cm³/mol. The molecule has 0 amide bonds. The van der Waals surface area contributed by atoms with Gasteiger partial charge >= 0.3 is 0 Å². The lowest BCUT2D eigenvalue weighted by molar-refractivity contribution is 0.322. The van der Waals surface area contributed by atoms with Gasteiger partial charge in [-0.05, 0) is 131 Å². The minimum atomic E-state index is 0.514. The Morgan fingerprint density at radius 3 is 1.36 bits per heavy atom. The molecule has 0 aromatic heterocycles. The predicted octanol–water partition coefficient (Wildman–Crippen LogP) is 8.31. The van der Waals surface area contributed by atoms with Crippen LogP contribution in [0.1, 0.15) is 120 Å². The maximum absolute atomic E-state index is 3.88. The second-order valence-electron chi connectivity index (χ2n) is 13.7. The van der Waals surface area contributed by atoms with E-state index in [1.54, 1.807) is 33.4 Å². The minimum Gasteiger partial charge on any atom is -0.310 e. The highest BCUT2D eigenvalue weighted by atomic mass is 14.9. The first kappa shape index (κ1) is 29.6. The van der Waals surface area contributed by atoms with E-state index in [-0.39, 0.29) is 0 Å². The quantitative estimate of drug-likeness (QED) is 0.205. The maximum atomic E-state index is 3.88. The molecular weight excluding hydrogens is 510 g/mol. The molecule has 3 aromatic carbocycles. The van der Waals surface area contributed by atoms with E-state index in [1.807, 2.05) is 0 Å². The summed E-state index contributed by atoms with van der Waals surface area (Å²) < 4.78 is 0. The largest absolute Gasteiger partial charge is 0.310 e. The van der Waals surface area contributed by atoms with Gasteiger partial charge < -0.3 is 16.0 Å². The molecule has 0 aliphatic carbocycles. The first-order chi connectivity index (χ1) is 20.5. The SMILES string of the molecule is Cc1ccc2c(c1)CCNC2CCCCC(CCC1NCCc2cc(C)ccc21)CCC1NCCc2cc(C)ccc21. The Hall–Kier alpha value is -2.46. The van der Waals surface area contributed by atoms with E-state index in [0.29, 0.717) is 18.1 Å². The van der Waals surface area contributed by atoms with Gasteiger partial charge in [-0.2, -0.15) is 0 Å². The Kier molecular flexibility index (Phi) is 9.79. The van der Waals surface area contributed by atoms with Crippen LogP contribution in [0.15, 0.2) is 54.6 Å². The van der Waals surface area contributed by atoms with Crippen LogP contribution in [-0.4, -0.2) is 19.6 Å². The molecule has 0 bridgehead atoms. The van der Waals surface area contributed by atoms with Crippen LogP contribution < -0.4 is 16.0 Å². The van der Waals surface area contributed by atoms with Gasteiger partial charge in [0, 0.05) is 18.1 Å². The topological polar surface area (TPSA) is 36.1 Å². The third kappa shape index (κ3) is 7.18. The van der Waals surface area contributed by atoms with Gasteiger partial charge in [0.25, 0.3) is 0 Å². The molecule has 3 aromatic rings. The Labute approximate surface area is 255 Å². The van der Waals surface area contributed by atoms with Gasteiger partial charge in [0.05, 0.1) is 0 Å². The summed E-state index contributed by atoms with van der Waals surface area (Å²) in [5.41, 5.74) is 13.6. The lowest BCUT2D eigenvalue weighted by atomic mass is 9.83. The number of benzene rings is 3. The molecule has 0 saturated heterocycles. The van der Waals surface area contributed by atoms with Gasteiger partial charge in [0.1, 0.15) is 0 Å². The summed E-state index contributed by atoms with van der Waals surface area (Å²) in [5.74, 6) is 0.787. The molecule has 0 spiro atoms. The lowest BCUT2D eigenvalue weighted by Crippen LogP contribution is -2.31. The molecule has 0 radical (unpaired) electrons. The zero-order valence-electron chi connectivity index (χ0n) is 26.4. The number of aryl methyl sites for hydroxylation is 3. The second-order valence-corrected chi connectivity index (χ2v) is 13.7. The van der Waals surface area contributed by atoms with Crippen LogP contribution >= 0.6 is 0 Å². The number of hydrogen-bond acceptors (Lipinski definition) is 3. The van der Waals surface area contributed by atoms with Crippen LogP contribution in [0.2, 0.25) is 0 Å². The van der Waals surface area contributed by atoms with E-state index in [1.165, 1.54) is 87.3 Å². The van der Waals surface area contributed by atoms with Gasteiger partial charge in [0.2, 0.25) is 0 Å². The second kappa shape index (κ2) is 13.9. The van der Waals surface area contributed by atoms with Crippen molar-refractivity contribution in [3.8, 4) is 0 Å². The molecular formula is C39H53N3. The highest BCUT2D eigenvalue weighted by Crippen LogP contribution is 2.35. The molecule has 3 unspecified atom stereocenters. The average Bonchev–Trinajstić information content (AvgIpc) is 2.99. The van der Waals surface area contributed by atoms with Crippen molar-refractivity contribution in [1.82, 2.24) is 16.0 Å². The number of hydrogen-bond donors (Lipinski definition) is 3. The van der Waals surface area contributed by atoms with Crippen molar-refractivity contribution in [2.45, 2.75) is 110 Å². The highest BCUT2D eigenvalue weighted by molar-refractivity contribution is 5.37. The van der Waals surface area contributed by atoms with Crippen LogP contribution in [0, 0.1) is 26.7 Å². The van der Waals surface area contributed by atoms with Crippen LogP contribution in [-0.2, 0) is 19.3 Å². The first-order valence-corrected chi connectivity index (χ1v) is 17.0. The van der Waals surface area contributed by atoms with Crippen molar-refractivity contribution in [3.05, 3.63) is 105 Å². The summed E-state index contributed by atoms with van der Waals surface area (Å²) in [6, 6.07) is 22.9. The van der Waals surface area contributed by atoms with Crippen molar-refractivity contribution in [3.63, 3.8) is 0 Å². The lowest BCUT2D eigenvalue weighted by Gasteiger charge is -2.31. The van der Waals surface area contributed by atoms with Gasteiger partial charge in [0.15, 0.2) is 0 Å². The summed E-state index contributed by atoms with van der Waals surface area (Å²) in [5, 5.41) is 11.6. The molecule has 42 heavy (non-hydrogen) atoms.